The number of hydrogen-bond donors (Lipinski definition) is 0. The molecule has 3 aromatic rings. The number of hydrogen-bond acceptors (Lipinski definition) is 5. The summed E-state index contributed by atoms with van der Waals surface area (Å²) in [6.45, 7) is 0.363. The molecule has 0 aliphatic rings. The number of rotatable bonds is 5. The molecule has 3 rings (SSSR count). The summed E-state index contributed by atoms with van der Waals surface area (Å²) in [5.74, 6) is 0.303. The maximum atomic E-state index is 11.4. The van der Waals surface area contributed by atoms with Crippen molar-refractivity contribution in [3.8, 4) is 16.3 Å². The molecule has 0 N–H and O–H groups in total. The molecule has 0 unspecified atom stereocenters. The van der Waals surface area contributed by atoms with Crippen LogP contribution in [0.1, 0.15) is 16.1 Å². The van der Waals surface area contributed by atoms with Crippen molar-refractivity contribution in [2.75, 3.05) is 7.11 Å². The fourth-order valence-electron chi connectivity index (χ4n) is 2.06. The summed E-state index contributed by atoms with van der Waals surface area (Å²) >= 11 is 7.45. The van der Waals surface area contributed by atoms with Crippen LogP contribution in [-0.4, -0.2) is 18.1 Å². The second-order valence-corrected chi connectivity index (χ2v) is 6.25. The Bertz CT molecular complexity index is 828. The third-order valence-electron chi connectivity index (χ3n) is 3.31. The van der Waals surface area contributed by atoms with Gasteiger partial charge < -0.3 is 9.47 Å². The van der Waals surface area contributed by atoms with Crippen LogP contribution in [0.15, 0.2) is 53.9 Å². The summed E-state index contributed by atoms with van der Waals surface area (Å²) in [6, 6.07) is 14.4. The monoisotopic (exact) mass is 359 g/mol. The van der Waals surface area contributed by atoms with Gasteiger partial charge in [-0.3, -0.25) is 0 Å². The number of thiazole rings is 1. The van der Waals surface area contributed by atoms with Crippen LogP contribution < -0.4 is 4.74 Å². The SMILES string of the molecule is COC(=O)c1ccc(OCc2csc(-c3ccc(Cl)cc3)n2)cc1. The van der Waals surface area contributed by atoms with Gasteiger partial charge in [0.2, 0.25) is 0 Å². The maximum Gasteiger partial charge on any atom is 0.337 e. The highest BCUT2D eigenvalue weighted by Crippen LogP contribution is 2.25. The van der Waals surface area contributed by atoms with Gasteiger partial charge in [-0.2, -0.15) is 0 Å². The van der Waals surface area contributed by atoms with Crippen molar-refractivity contribution < 1.29 is 14.3 Å². The quantitative estimate of drug-likeness (QED) is 0.612. The Hall–Kier alpha value is -2.37. The Morgan fingerprint density at radius 1 is 1.12 bits per heavy atom. The van der Waals surface area contributed by atoms with E-state index in [1.807, 2.05) is 29.6 Å². The molecule has 0 aliphatic carbocycles. The zero-order chi connectivity index (χ0) is 16.9. The Kier molecular flexibility index (Phi) is 5.13. The van der Waals surface area contributed by atoms with Gasteiger partial charge in [-0.1, -0.05) is 23.7 Å². The standard InChI is InChI=1S/C18H14ClNO3S/c1-22-18(21)13-4-8-16(9-5-13)23-10-15-11-24-17(20-15)12-2-6-14(19)7-3-12/h2-9,11H,10H2,1H3. The highest BCUT2D eigenvalue weighted by molar-refractivity contribution is 7.13. The molecule has 2 aromatic carbocycles. The van der Waals surface area contributed by atoms with Crippen molar-refractivity contribution in [1.29, 1.82) is 0 Å². The maximum absolute atomic E-state index is 11.4. The Balaban J connectivity index is 1.63. The summed E-state index contributed by atoms with van der Waals surface area (Å²) in [7, 11) is 1.35. The van der Waals surface area contributed by atoms with Gasteiger partial charge in [0.05, 0.1) is 18.4 Å². The number of methoxy groups -OCH3 is 1. The van der Waals surface area contributed by atoms with Gasteiger partial charge in [-0.15, -0.1) is 11.3 Å². The molecule has 4 nitrogen and oxygen atoms in total. The van der Waals surface area contributed by atoms with E-state index < -0.39 is 0 Å². The van der Waals surface area contributed by atoms with E-state index in [2.05, 4.69) is 9.72 Å². The van der Waals surface area contributed by atoms with Crippen molar-refractivity contribution in [2.24, 2.45) is 0 Å². The largest absolute Gasteiger partial charge is 0.487 e. The number of nitrogens with zero attached hydrogens (tertiary/aromatic N) is 1. The third kappa shape index (κ3) is 3.93. The normalized spacial score (nSPS) is 10.4. The molecule has 24 heavy (non-hydrogen) atoms. The van der Waals surface area contributed by atoms with Gasteiger partial charge in [-0.05, 0) is 36.4 Å². The summed E-state index contributed by atoms with van der Waals surface area (Å²) in [4.78, 5) is 15.9. The lowest BCUT2D eigenvalue weighted by Gasteiger charge is -2.05. The molecule has 0 saturated carbocycles. The number of carbonyl (C=O) groups is 1. The van der Waals surface area contributed by atoms with E-state index in [0.29, 0.717) is 22.9 Å². The van der Waals surface area contributed by atoms with E-state index in [0.717, 1.165) is 16.3 Å². The van der Waals surface area contributed by atoms with Crippen molar-refractivity contribution >= 4 is 28.9 Å². The number of carbonyl (C=O) groups excluding carboxylic acids is 1. The Morgan fingerprint density at radius 2 is 1.83 bits per heavy atom. The van der Waals surface area contributed by atoms with Gasteiger partial charge in [0, 0.05) is 16.0 Å². The number of ether oxygens (including phenoxy) is 2. The van der Waals surface area contributed by atoms with E-state index in [-0.39, 0.29) is 5.97 Å². The van der Waals surface area contributed by atoms with Gasteiger partial charge in [-0.25, -0.2) is 9.78 Å². The minimum atomic E-state index is -0.367. The summed E-state index contributed by atoms with van der Waals surface area (Å²) < 4.78 is 10.4. The minimum absolute atomic E-state index is 0.363. The van der Waals surface area contributed by atoms with Crippen molar-refractivity contribution in [3.05, 3.63) is 70.2 Å². The predicted molar refractivity (Wildman–Crippen MR) is 94.7 cm³/mol. The third-order valence-corrected chi connectivity index (χ3v) is 4.50. The molecular weight excluding hydrogens is 346 g/mol. The molecule has 1 aromatic heterocycles. The van der Waals surface area contributed by atoms with Gasteiger partial charge in [0.1, 0.15) is 17.4 Å². The van der Waals surface area contributed by atoms with Gasteiger partial charge in [0.25, 0.3) is 0 Å². The first-order valence-corrected chi connectivity index (χ1v) is 8.43. The topological polar surface area (TPSA) is 48.4 Å². The van der Waals surface area contributed by atoms with Crippen LogP contribution in [0.5, 0.6) is 5.75 Å². The molecule has 0 saturated heterocycles. The summed E-state index contributed by atoms with van der Waals surface area (Å²) in [6.07, 6.45) is 0. The van der Waals surface area contributed by atoms with Crippen LogP contribution in [0, 0.1) is 0 Å². The van der Waals surface area contributed by atoms with Crippen LogP contribution in [0.2, 0.25) is 5.02 Å². The molecule has 0 aliphatic heterocycles. The highest BCUT2D eigenvalue weighted by atomic mass is 35.5. The first-order chi connectivity index (χ1) is 11.7. The van der Waals surface area contributed by atoms with Crippen LogP contribution in [-0.2, 0) is 11.3 Å². The Labute approximate surface area is 148 Å². The average Bonchev–Trinajstić information content (AvgIpc) is 3.09. The molecule has 0 amide bonds. The fourth-order valence-corrected chi connectivity index (χ4v) is 3.00. The molecule has 1 heterocycles. The number of halogens is 1. The predicted octanol–water partition coefficient (Wildman–Crippen LogP) is 4.83. The lowest BCUT2D eigenvalue weighted by molar-refractivity contribution is 0.0600. The average molecular weight is 360 g/mol. The minimum Gasteiger partial charge on any atom is -0.487 e. The van der Waals surface area contributed by atoms with E-state index in [1.54, 1.807) is 35.6 Å². The second kappa shape index (κ2) is 7.47. The molecule has 0 bridgehead atoms. The zero-order valence-corrected chi connectivity index (χ0v) is 14.4. The van der Waals surface area contributed by atoms with Crippen LogP contribution in [0.25, 0.3) is 10.6 Å². The lowest BCUT2D eigenvalue weighted by Crippen LogP contribution is -2.01. The van der Waals surface area contributed by atoms with E-state index in [9.17, 15) is 4.79 Å². The lowest BCUT2D eigenvalue weighted by atomic mass is 10.2. The molecule has 0 spiro atoms. The highest BCUT2D eigenvalue weighted by Gasteiger charge is 2.07. The van der Waals surface area contributed by atoms with E-state index >= 15 is 0 Å². The Morgan fingerprint density at radius 3 is 2.50 bits per heavy atom. The fraction of sp³-hybridized carbons (Fsp3) is 0.111. The van der Waals surface area contributed by atoms with Crippen molar-refractivity contribution in [2.45, 2.75) is 6.61 Å². The van der Waals surface area contributed by atoms with Gasteiger partial charge >= 0.3 is 5.97 Å². The van der Waals surface area contributed by atoms with Crippen LogP contribution >= 0.6 is 22.9 Å². The number of benzene rings is 2. The van der Waals surface area contributed by atoms with E-state index in [1.165, 1.54) is 7.11 Å². The molecule has 0 fully saturated rings. The molecule has 122 valence electrons. The van der Waals surface area contributed by atoms with Crippen LogP contribution in [0.4, 0.5) is 0 Å². The first kappa shape index (κ1) is 16.5. The summed E-state index contributed by atoms with van der Waals surface area (Å²) in [5, 5.41) is 3.59. The van der Waals surface area contributed by atoms with Crippen LogP contribution in [0.3, 0.4) is 0 Å². The first-order valence-electron chi connectivity index (χ1n) is 7.17. The smallest absolute Gasteiger partial charge is 0.337 e. The van der Waals surface area contributed by atoms with E-state index in [4.69, 9.17) is 16.3 Å². The molecular formula is C18H14ClNO3S. The second-order valence-electron chi connectivity index (χ2n) is 4.96. The molecule has 6 heteroatoms. The summed E-state index contributed by atoms with van der Waals surface area (Å²) in [5.41, 5.74) is 2.36. The van der Waals surface area contributed by atoms with Gasteiger partial charge in [0.15, 0.2) is 0 Å². The zero-order valence-electron chi connectivity index (χ0n) is 12.9. The molecule has 0 atom stereocenters. The van der Waals surface area contributed by atoms with Crippen molar-refractivity contribution in [3.63, 3.8) is 0 Å². The number of esters is 1. The molecule has 0 radical (unpaired) electrons. The number of aromatic nitrogens is 1. The van der Waals surface area contributed by atoms with Crippen molar-refractivity contribution in [1.82, 2.24) is 4.98 Å².